The first-order valence-electron chi connectivity index (χ1n) is 36.3. The number of methoxy groups -OCH3 is 2. The number of nitriles is 2. The van der Waals surface area contributed by atoms with Gasteiger partial charge in [0.15, 0.2) is 0 Å². The Bertz CT molecular complexity index is 3870. The second-order valence-electron chi connectivity index (χ2n) is 35.9. The Hall–Kier alpha value is -8.52. The van der Waals surface area contributed by atoms with Gasteiger partial charge in [-0.25, -0.2) is 4.85 Å². The quantitative estimate of drug-likeness (QED) is 0.168. The van der Waals surface area contributed by atoms with Gasteiger partial charge in [0.25, 0.3) is 0 Å². The van der Waals surface area contributed by atoms with E-state index in [0.717, 1.165) is 40.6 Å². The zero-order valence-corrected chi connectivity index (χ0v) is 69.7. The Morgan fingerprint density at radius 2 is 0.990 bits per heavy atom. The smallest absolute Gasteiger partial charge is 0.227 e. The predicted molar refractivity (Wildman–Crippen MR) is 438 cm³/mol. The minimum Gasteiger partial charge on any atom is -0.497 e. The molecule has 3 heterocycles. The van der Waals surface area contributed by atoms with Gasteiger partial charge in [0.2, 0.25) is 5.69 Å². The molecule has 0 fully saturated rings. The number of nitrogens with zero attached hydrogens (tertiary/aromatic N) is 6. The van der Waals surface area contributed by atoms with Crippen molar-refractivity contribution >= 4 is 11.4 Å². The van der Waals surface area contributed by atoms with E-state index in [1.165, 1.54) is 68.8 Å². The average Bonchev–Trinajstić information content (AvgIpc) is 1.65. The number of benzene rings is 6. The Morgan fingerprint density at radius 3 is 1.35 bits per heavy atom. The van der Waals surface area contributed by atoms with Crippen molar-refractivity contribution in [3.8, 4) is 23.6 Å². The van der Waals surface area contributed by atoms with Crippen LogP contribution in [0.4, 0.5) is 5.69 Å². The number of aliphatic imine (C=N–C) groups is 1. The molecule has 0 spiro atoms. The van der Waals surface area contributed by atoms with E-state index in [0.29, 0.717) is 17.0 Å². The Morgan fingerprint density at radius 1 is 0.500 bits per heavy atom. The zero-order valence-electron chi connectivity index (χ0n) is 69.7. The van der Waals surface area contributed by atoms with E-state index < -0.39 is 0 Å². The number of fused-ring (bicyclic) bond motifs is 1. The fourth-order valence-corrected chi connectivity index (χ4v) is 10.3. The largest absolute Gasteiger partial charge is 0.497 e. The van der Waals surface area contributed by atoms with Crippen molar-refractivity contribution in [3.05, 3.63) is 242 Å². The van der Waals surface area contributed by atoms with Gasteiger partial charge < -0.3 is 9.47 Å². The first-order valence-corrected chi connectivity index (χ1v) is 36.3. The first kappa shape index (κ1) is 91.5. The molecule has 0 atom stereocenters. The van der Waals surface area contributed by atoms with Crippen LogP contribution in [0.5, 0.6) is 11.5 Å². The van der Waals surface area contributed by atoms with E-state index in [9.17, 15) is 0 Å². The van der Waals surface area contributed by atoms with Crippen molar-refractivity contribution < 1.29 is 9.47 Å². The highest BCUT2D eigenvalue weighted by Crippen LogP contribution is 2.33. The highest BCUT2D eigenvalue weighted by molar-refractivity contribution is 6.06. The van der Waals surface area contributed by atoms with Gasteiger partial charge in [-0.15, -0.1) is 0 Å². The van der Waals surface area contributed by atoms with E-state index in [4.69, 9.17) is 26.6 Å². The maximum absolute atomic E-state index is 8.68. The van der Waals surface area contributed by atoms with Gasteiger partial charge >= 0.3 is 0 Å². The van der Waals surface area contributed by atoms with Crippen molar-refractivity contribution in [2.24, 2.45) is 15.8 Å². The molecule has 102 heavy (non-hydrogen) atoms. The third-order valence-corrected chi connectivity index (χ3v) is 16.4. The summed E-state index contributed by atoms with van der Waals surface area (Å²) < 4.78 is 10.4. The lowest BCUT2D eigenvalue weighted by molar-refractivity contribution is 0.373. The van der Waals surface area contributed by atoms with Crippen LogP contribution in [0.3, 0.4) is 0 Å². The minimum absolute atomic E-state index is 0.0175. The highest BCUT2D eigenvalue weighted by Gasteiger charge is 2.26. The monoisotopic (exact) mass is 1380 g/mol. The molecule has 0 unspecified atom stereocenters. The molecule has 1 aliphatic heterocycles. The van der Waals surface area contributed by atoms with Crippen LogP contribution in [0.1, 0.15) is 299 Å². The summed E-state index contributed by atoms with van der Waals surface area (Å²) in [5.74, 6) is 2.43. The molecule has 0 saturated carbocycles. The molecule has 0 bridgehead atoms. The normalized spacial score (nSPS) is 11.9. The lowest BCUT2D eigenvalue weighted by Crippen LogP contribution is -2.19. The summed E-state index contributed by atoms with van der Waals surface area (Å²) in [5.41, 5.74) is 19.1. The lowest BCUT2D eigenvalue weighted by Gasteiger charge is -2.21. The maximum Gasteiger partial charge on any atom is 0.227 e. The number of para-hydroxylation sites is 1. The van der Waals surface area contributed by atoms with Gasteiger partial charge in [-0.1, -0.05) is 317 Å². The number of aromatic amines is 2. The summed E-state index contributed by atoms with van der Waals surface area (Å²) in [6, 6.07) is 55.4. The van der Waals surface area contributed by atoms with Crippen molar-refractivity contribution in [2.75, 3.05) is 14.2 Å². The number of nitrogens with one attached hydrogen (secondary N) is 2. The van der Waals surface area contributed by atoms with Gasteiger partial charge in [0.1, 0.15) is 11.5 Å². The van der Waals surface area contributed by atoms with Crippen molar-refractivity contribution in [1.29, 1.82) is 10.5 Å². The summed E-state index contributed by atoms with van der Waals surface area (Å²) in [5, 5.41) is 31.3. The van der Waals surface area contributed by atoms with E-state index in [1.54, 1.807) is 20.4 Å². The molecule has 9 rings (SSSR count). The third-order valence-electron chi connectivity index (χ3n) is 16.4. The topological polar surface area (TPSA) is 140 Å². The molecular weight excluding hydrogens is 1250 g/mol. The molecule has 1 aliphatic rings. The van der Waals surface area contributed by atoms with Crippen molar-refractivity contribution in [1.82, 2.24) is 20.4 Å². The molecule has 10 heteroatoms. The number of rotatable bonds is 4. The molecule has 10 nitrogen and oxygen atoms in total. The molecule has 0 saturated heterocycles. The third kappa shape index (κ3) is 34.0. The Balaban J connectivity index is 0.000000576. The summed E-state index contributed by atoms with van der Waals surface area (Å²) in [6.45, 7) is 75.4. The van der Waals surface area contributed by atoms with E-state index in [-0.39, 0.29) is 43.3 Å². The minimum atomic E-state index is -0.0175. The van der Waals surface area contributed by atoms with Gasteiger partial charge in [0, 0.05) is 33.5 Å². The summed E-state index contributed by atoms with van der Waals surface area (Å²) in [7, 11) is 3.40. The van der Waals surface area contributed by atoms with E-state index in [2.05, 4.69) is 336 Å². The standard InChI is InChI=1S/C12H15N.2C11H13N.2C11H16O.C11H16.C10H18N2.C8H11N3.C7H16/c1-12(2,3)11-10-7-5-4-6-9(10)8-13-11;1-11(2,3)10-6-4-9(8-12)5-7-10;1-11(2,3)10-6-4-5-9(7-10)8-12;1-11(2,3)9-5-7-10(12-4)8-6-9;1-11(2,3)9-7-5-6-8-10(9)12-4;1-9-7-5-6-8-10(9)11(2,3)4;1-7(2)8-6-9(12-11-8)10(3,4)5;1-8(2,3)7-6(9-4)5-10-11-7;1-5-6-7(2,3)4/h4-7H,8H2,1-3H3;2*4-7H,1-3H3;2*5-8H,1-4H3;5-8H,1-4H3;6-7H,1-5H3,(H,11,12);5H,1-3H3,(H,10,11);5-6H2,1-4H3. The van der Waals surface area contributed by atoms with E-state index >= 15 is 0 Å². The van der Waals surface area contributed by atoms with Crippen LogP contribution in [0.2, 0.25) is 0 Å². The first-order chi connectivity index (χ1) is 46.8. The summed E-state index contributed by atoms with van der Waals surface area (Å²) in [4.78, 5) is 7.94. The molecule has 554 valence electrons. The molecule has 6 aromatic carbocycles. The van der Waals surface area contributed by atoms with Gasteiger partial charge in [-0.2, -0.15) is 20.7 Å². The molecular formula is C92H134N8O2. The maximum atomic E-state index is 8.68. The number of hydrogen-bond acceptors (Lipinski definition) is 7. The molecule has 2 aromatic heterocycles. The highest BCUT2D eigenvalue weighted by atomic mass is 16.5. The van der Waals surface area contributed by atoms with Crippen LogP contribution in [0.25, 0.3) is 4.85 Å². The van der Waals surface area contributed by atoms with E-state index in [1.807, 2.05) is 72.8 Å². The van der Waals surface area contributed by atoms with Gasteiger partial charge in [-0.05, 0) is 145 Å². The van der Waals surface area contributed by atoms with Gasteiger partial charge in [0.05, 0.1) is 62.5 Å². The fraction of sp³-hybridized carbons (Fsp3) is 0.500. The van der Waals surface area contributed by atoms with Crippen LogP contribution in [-0.4, -0.2) is 40.3 Å². The number of ether oxygens (including phenoxy) is 2. The number of aryl methyl sites for hydroxylation is 1. The van der Waals surface area contributed by atoms with Crippen LogP contribution in [-0.2, 0) is 44.4 Å². The van der Waals surface area contributed by atoms with Gasteiger partial charge in [-0.3, -0.25) is 15.2 Å². The van der Waals surface area contributed by atoms with Crippen LogP contribution >= 0.6 is 0 Å². The van der Waals surface area contributed by atoms with Crippen molar-refractivity contribution in [2.45, 2.75) is 278 Å². The number of H-pyrrole nitrogens is 2. The fourth-order valence-electron chi connectivity index (χ4n) is 10.3. The molecule has 8 aromatic rings. The summed E-state index contributed by atoms with van der Waals surface area (Å²) >= 11 is 0. The Kier molecular flexibility index (Phi) is 36.2. The number of aromatic nitrogens is 4. The number of hydrogen-bond donors (Lipinski definition) is 2. The van der Waals surface area contributed by atoms with Crippen LogP contribution in [0, 0.1) is 47.0 Å². The average molecular weight is 1380 g/mol. The second-order valence-corrected chi connectivity index (χ2v) is 35.9. The second kappa shape index (κ2) is 40.4. The zero-order chi connectivity index (χ0) is 78.5. The molecule has 0 radical (unpaired) electrons. The molecule has 2 N–H and O–H groups in total. The molecule has 0 amide bonds. The van der Waals surface area contributed by atoms with Crippen molar-refractivity contribution in [3.63, 3.8) is 0 Å². The van der Waals surface area contributed by atoms with Crippen LogP contribution in [0.15, 0.2) is 163 Å². The van der Waals surface area contributed by atoms with Crippen LogP contribution < -0.4 is 9.47 Å². The Labute approximate surface area is 621 Å². The summed E-state index contributed by atoms with van der Waals surface area (Å²) in [6.07, 6.45) is 4.21. The lowest BCUT2D eigenvalue weighted by atomic mass is 9.84. The SMILES string of the molecule is CC(C)(C)C1=NCc2ccccc21.CC(C)(C)c1ccc(C#N)cc1.CC(C)(C)c1cccc(C#N)c1.CC(C)c1cc(C(C)(C)C)n[nH]1.CCCC(C)(C)C.COc1ccc(C(C)(C)C)cc1.COc1ccccc1C(C)(C)C.Cc1ccccc1C(C)(C)C.[C-]#[N+]c1cn[nH]c1C(C)(C)C. The predicted octanol–water partition coefficient (Wildman–Crippen LogP) is 25.9. The molecule has 0 aliphatic carbocycles.